The molecule has 0 saturated heterocycles. The minimum absolute atomic E-state index is 0.250. The van der Waals surface area contributed by atoms with E-state index in [4.69, 9.17) is 5.73 Å². The van der Waals surface area contributed by atoms with Gasteiger partial charge in [0.1, 0.15) is 11.5 Å². The molecule has 1 aromatic rings. The average molecular weight is 230 g/mol. The molecule has 0 aliphatic heterocycles. The van der Waals surface area contributed by atoms with Gasteiger partial charge in [0, 0.05) is 5.75 Å². The molecule has 0 aromatic heterocycles. The molecule has 82 valence electrons. The first-order chi connectivity index (χ1) is 7.18. The third-order valence-corrected chi connectivity index (χ3v) is 3.33. The summed E-state index contributed by atoms with van der Waals surface area (Å²) in [5.74, 6) is 0.281. The molecule has 15 heavy (non-hydrogen) atoms. The summed E-state index contributed by atoms with van der Waals surface area (Å²) >= 11 is 1.44. The molecule has 5 heteroatoms. The molecule has 0 atom stereocenters. The lowest BCUT2D eigenvalue weighted by Crippen LogP contribution is -2.00. The molecule has 0 amide bonds. The summed E-state index contributed by atoms with van der Waals surface area (Å²) in [5.41, 5.74) is 5.05. The number of nitrogens with two attached hydrogens (primary N) is 1. The van der Waals surface area contributed by atoms with Crippen LogP contribution in [0.15, 0.2) is 12.1 Å². The molecule has 1 saturated carbocycles. The number of hydrogen-bond donors (Lipinski definition) is 2. The molecular weight excluding hydrogens is 218 g/mol. The van der Waals surface area contributed by atoms with Gasteiger partial charge in [-0.15, -0.1) is 0 Å². The summed E-state index contributed by atoms with van der Waals surface area (Å²) in [5, 5.41) is 0. The minimum atomic E-state index is -0.717. The highest BCUT2D eigenvalue weighted by atomic mass is 32.2. The second-order valence-electron chi connectivity index (χ2n) is 3.68. The van der Waals surface area contributed by atoms with E-state index >= 15 is 0 Å². The van der Waals surface area contributed by atoms with E-state index in [1.165, 1.54) is 36.9 Å². The van der Waals surface area contributed by atoms with Crippen LogP contribution in [0.25, 0.3) is 0 Å². The summed E-state index contributed by atoms with van der Waals surface area (Å²) in [7, 11) is 0. The SMILES string of the molecule is Nc1c(F)ccc(NSCC2CC2)c1F. The van der Waals surface area contributed by atoms with E-state index in [9.17, 15) is 8.78 Å². The van der Waals surface area contributed by atoms with Crippen molar-refractivity contribution in [2.45, 2.75) is 12.8 Å². The van der Waals surface area contributed by atoms with Gasteiger partial charge >= 0.3 is 0 Å². The average Bonchev–Trinajstić information content (AvgIpc) is 3.02. The quantitative estimate of drug-likeness (QED) is 0.616. The number of hydrogen-bond acceptors (Lipinski definition) is 3. The third kappa shape index (κ3) is 2.53. The topological polar surface area (TPSA) is 38.0 Å². The second kappa shape index (κ2) is 4.26. The highest BCUT2D eigenvalue weighted by molar-refractivity contribution is 8.00. The van der Waals surface area contributed by atoms with Crippen molar-refractivity contribution in [3.8, 4) is 0 Å². The van der Waals surface area contributed by atoms with Gasteiger partial charge in [-0.25, -0.2) is 8.78 Å². The Morgan fingerprint density at radius 1 is 1.40 bits per heavy atom. The van der Waals surface area contributed by atoms with Crippen LogP contribution in [0, 0.1) is 17.6 Å². The van der Waals surface area contributed by atoms with Gasteiger partial charge in [0.15, 0.2) is 5.82 Å². The second-order valence-corrected chi connectivity index (χ2v) is 4.51. The van der Waals surface area contributed by atoms with Gasteiger partial charge < -0.3 is 10.5 Å². The summed E-state index contributed by atoms with van der Waals surface area (Å²) in [6.45, 7) is 0. The van der Waals surface area contributed by atoms with Crippen molar-refractivity contribution < 1.29 is 8.78 Å². The zero-order chi connectivity index (χ0) is 10.8. The van der Waals surface area contributed by atoms with Crippen LogP contribution in [-0.2, 0) is 0 Å². The molecule has 0 heterocycles. The molecule has 1 fully saturated rings. The summed E-state index contributed by atoms with van der Waals surface area (Å²) in [6.07, 6.45) is 2.51. The van der Waals surface area contributed by atoms with Crippen LogP contribution in [0.2, 0.25) is 0 Å². The molecule has 1 aromatic carbocycles. The molecule has 3 N–H and O–H groups in total. The van der Waals surface area contributed by atoms with Gasteiger partial charge in [0.25, 0.3) is 0 Å². The Morgan fingerprint density at radius 2 is 2.13 bits per heavy atom. The van der Waals surface area contributed by atoms with Gasteiger partial charge in [0.2, 0.25) is 0 Å². The predicted octanol–water partition coefficient (Wildman–Crippen LogP) is 3.02. The van der Waals surface area contributed by atoms with Crippen molar-refractivity contribution in [1.29, 1.82) is 0 Å². The van der Waals surface area contributed by atoms with Crippen LogP contribution in [0.5, 0.6) is 0 Å². The van der Waals surface area contributed by atoms with Crippen molar-refractivity contribution in [2.24, 2.45) is 5.92 Å². The normalized spacial score (nSPS) is 15.3. The Kier molecular flexibility index (Phi) is 3.00. The van der Waals surface area contributed by atoms with Crippen LogP contribution in [0.3, 0.4) is 0 Å². The largest absolute Gasteiger partial charge is 0.394 e. The van der Waals surface area contributed by atoms with Crippen molar-refractivity contribution in [2.75, 3.05) is 16.2 Å². The van der Waals surface area contributed by atoms with Crippen LogP contribution in [0.4, 0.5) is 20.2 Å². The highest BCUT2D eigenvalue weighted by Gasteiger charge is 2.21. The number of benzene rings is 1. The molecule has 0 unspecified atom stereocenters. The van der Waals surface area contributed by atoms with Crippen molar-refractivity contribution in [1.82, 2.24) is 0 Å². The Hall–Kier alpha value is -0.970. The van der Waals surface area contributed by atoms with Gasteiger partial charge in [-0.3, -0.25) is 0 Å². The van der Waals surface area contributed by atoms with Crippen LogP contribution in [-0.4, -0.2) is 5.75 Å². The number of anilines is 2. The molecular formula is C10H12F2N2S. The van der Waals surface area contributed by atoms with E-state index in [0.717, 1.165) is 11.7 Å². The third-order valence-electron chi connectivity index (χ3n) is 2.32. The standard InChI is InChI=1S/C10H12F2N2S/c11-7-3-4-8(9(12)10(7)13)14-15-5-6-1-2-6/h3-4,6,14H,1-2,5,13H2. The van der Waals surface area contributed by atoms with E-state index in [0.29, 0.717) is 0 Å². The number of nitrogen functional groups attached to an aromatic ring is 1. The minimum Gasteiger partial charge on any atom is -0.394 e. The summed E-state index contributed by atoms with van der Waals surface area (Å²) < 4.78 is 29.0. The number of halogens is 2. The fourth-order valence-corrected chi connectivity index (χ4v) is 2.14. The lowest BCUT2D eigenvalue weighted by atomic mass is 10.2. The van der Waals surface area contributed by atoms with Crippen LogP contribution in [0.1, 0.15) is 12.8 Å². The van der Waals surface area contributed by atoms with Crippen LogP contribution >= 0.6 is 11.9 Å². The Balaban J connectivity index is 1.97. The Bertz CT molecular complexity index is 367. The lowest BCUT2D eigenvalue weighted by Gasteiger charge is -2.08. The van der Waals surface area contributed by atoms with Crippen molar-refractivity contribution >= 4 is 23.3 Å². The summed E-state index contributed by atoms with van der Waals surface area (Å²) in [4.78, 5) is 0. The van der Waals surface area contributed by atoms with Gasteiger partial charge in [-0.2, -0.15) is 0 Å². The van der Waals surface area contributed by atoms with E-state index in [1.807, 2.05) is 0 Å². The fraction of sp³-hybridized carbons (Fsp3) is 0.400. The predicted molar refractivity (Wildman–Crippen MR) is 59.6 cm³/mol. The molecule has 0 spiro atoms. The molecule has 1 aliphatic carbocycles. The lowest BCUT2D eigenvalue weighted by molar-refractivity contribution is 0.595. The maximum Gasteiger partial charge on any atom is 0.172 e. The molecule has 2 rings (SSSR count). The van der Waals surface area contributed by atoms with Crippen molar-refractivity contribution in [3.63, 3.8) is 0 Å². The monoisotopic (exact) mass is 230 g/mol. The first-order valence-electron chi connectivity index (χ1n) is 4.79. The Morgan fingerprint density at radius 3 is 2.80 bits per heavy atom. The highest BCUT2D eigenvalue weighted by Crippen LogP contribution is 2.33. The zero-order valence-electron chi connectivity index (χ0n) is 8.09. The molecule has 0 bridgehead atoms. The molecule has 1 aliphatic rings. The zero-order valence-corrected chi connectivity index (χ0v) is 8.91. The van der Waals surface area contributed by atoms with Gasteiger partial charge in [0.05, 0.1) is 5.69 Å². The van der Waals surface area contributed by atoms with Crippen molar-refractivity contribution in [3.05, 3.63) is 23.8 Å². The first kappa shape index (κ1) is 10.5. The van der Waals surface area contributed by atoms with E-state index in [2.05, 4.69) is 4.72 Å². The number of nitrogens with one attached hydrogen (secondary N) is 1. The fourth-order valence-electron chi connectivity index (χ4n) is 1.17. The van der Waals surface area contributed by atoms with E-state index in [1.54, 1.807) is 0 Å². The van der Waals surface area contributed by atoms with E-state index < -0.39 is 17.3 Å². The number of rotatable bonds is 4. The van der Waals surface area contributed by atoms with E-state index in [-0.39, 0.29) is 5.69 Å². The maximum absolute atomic E-state index is 13.4. The maximum atomic E-state index is 13.4. The smallest absolute Gasteiger partial charge is 0.172 e. The van der Waals surface area contributed by atoms with Gasteiger partial charge in [-0.05, 0) is 30.9 Å². The van der Waals surface area contributed by atoms with Crippen LogP contribution < -0.4 is 10.5 Å². The first-order valence-corrected chi connectivity index (χ1v) is 5.78. The van der Waals surface area contributed by atoms with Gasteiger partial charge in [-0.1, -0.05) is 11.9 Å². The molecule has 2 nitrogen and oxygen atoms in total. The Labute approximate surface area is 91.4 Å². The summed E-state index contributed by atoms with van der Waals surface area (Å²) in [6, 6.07) is 2.53. The molecule has 0 radical (unpaired) electrons.